The van der Waals surface area contributed by atoms with E-state index in [0.29, 0.717) is 18.3 Å². The molecule has 0 spiro atoms. The number of guanidine groups is 1. The van der Waals surface area contributed by atoms with Gasteiger partial charge >= 0.3 is 0 Å². The predicted octanol–water partition coefficient (Wildman–Crippen LogP) is 1.78. The van der Waals surface area contributed by atoms with Crippen molar-refractivity contribution in [2.24, 2.45) is 4.99 Å². The maximum Gasteiger partial charge on any atom is 0.191 e. The van der Waals surface area contributed by atoms with Crippen molar-refractivity contribution in [1.29, 1.82) is 0 Å². The van der Waals surface area contributed by atoms with Gasteiger partial charge in [-0.25, -0.2) is 9.38 Å². The van der Waals surface area contributed by atoms with Crippen LogP contribution in [-0.2, 0) is 0 Å². The summed E-state index contributed by atoms with van der Waals surface area (Å²) in [4.78, 5) is 9.42. The number of aliphatic imine (C=N–C) groups is 1. The Bertz CT molecular complexity index is 597. The third kappa shape index (κ3) is 7.34. The molecule has 27 heavy (non-hydrogen) atoms. The SMILES string of the molecule is CCNC(=NCC(CC)Oc1cccc(F)c1)NCC1CN(C)CCN1C. The average Bonchev–Trinajstić information content (AvgIpc) is 2.65. The number of likely N-dealkylation sites (N-methyl/N-ethyl adjacent to an activating group) is 2. The minimum atomic E-state index is -0.289. The van der Waals surface area contributed by atoms with Crippen LogP contribution < -0.4 is 15.4 Å². The summed E-state index contributed by atoms with van der Waals surface area (Å²) in [5.74, 6) is 1.05. The first-order valence-corrected chi connectivity index (χ1v) is 9.85. The molecule has 2 rings (SSSR count). The van der Waals surface area contributed by atoms with Gasteiger partial charge in [-0.05, 0) is 39.6 Å². The standard InChI is InChI=1S/C20H34FN5O/c1-5-18(27-19-9-7-8-16(21)12-19)14-24-20(22-6-2)23-13-17-15-25(3)10-11-26(17)4/h7-9,12,17-18H,5-6,10-11,13-15H2,1-4H3,(H2,22,23,24). The summed E-state index contributed by atoms with van der Waals surface area (Å²) < 4.78 is 19.2. The number of benzene rings is 1. The fraction of sp³-hybridized carbons (Fsp3) is 0.650. The smallest absolute Gasteiger partial charge is 0.191 e. The van der Waals surface area contributed by atoms with E-state index in [-0.39, 0.29) is 11.9 Å². The van der Waals surface area contributed by atoms with E-state index >= 15 is 0 Å². The second kappa shape index (κ2) is 11.1. The van der Waals surface area contributed by atoms with Crippen molar-refractivity contribution in [2.75, 3.05) is 53.4 Å². The minimum Gasteiger partial charge on any atom is -0.488 e. The van der Waals surface area contributed by atoms with Crippen LogP contribution in [0.1, 0.15) is 20.3 Å². The molecule has 0 bridgehead atoms. The van der Waals surface area contributed by atoms with E-state index in [1.54, 1.807) is 12.1 Å². The maximum absolute atomic E-state index is 13.3. The van der Waals surface area contributed by atoms with Gasteiger partial charge in [0, 0.05) is 44.8 Å². The molecular weight excluding hydrogens is 345 g/mol. The van der Waals surface area contributed by atoms with Gasteiger partial charge in [-0.3, -0.25) is 4.90 Å². The molecule has 0 radical (unpaired) electrons. The third-order valence-corrected chi connectivity index (χ3v) is 4.84. The number of ether oxygens (including phenoxy) is 1. The van der Waals surface area contributed by atoms with Gasteiger partial charge in [0.2, 0.25) is 0 Å². The lowest BCUT2D eigenvalue weighted by Gasteiger charge is -2.38. The summed E-state index contributed by atoms with van der Waals surface area (Å²) in [6.07, 6.45) is 0.709. The highest BCUT2D eigenvalue weighted by Gasteiger charge is 2.22. The van der Waals surface area contributed by atoms with Crippen LogP contribution in [0.4, 0.5) is 4.39 Å². The summed E-state index contributed by atoms with van der Waals surface area (Å²) in [7, 11) is 4.33. The molecule has 1 aromatic rings. The fourth-order valence-electron chi connectivity index (χ4n) is 3.05. The molecule has 0 saturated carbocycles. The van der Waals surface area contributed by atoms with Gasteiger partial charge in [-0.2, -0.15) is 0 Å². The monoisotopic (exact) mass is 379 g/mol. The summed E-state index contributed by atoms with van der Waals surface area (Å²) >= 11 is 0. The molecule has 6 nitrogen and oxygen atoms in total. The van der Waals surface area contributed by atoms with E-state index in [1.165, 1.54) is 12.1 Å². The Hall–Kier alpha value is -1.86. The number of piperazine rings is 1. The molecule has 1 heterocycles. The molecule has 1 saturated heterocycles. The highest BCUT2D eigenvalue weighted by atomic mass is 19.1. The molecule has 1 aliphatic heterocycles. The lowest BCUT2D eigenvalue weighted by Crippen LogP contribution is -2.55. The van der Waals surface area contributed by atoms with Crippen molar-refractivity contribution < 1.29 is 9.13 Å². The molecule has 2 unspecified atom stereocenters. The van der Waals surface area contributed by atoms with Crippen molar-refractivity contribution in [2.45, 2.75) is 32.4 Å². The molecular formula is C20H34FN5O. The van der Waals surface area contributed by atoms with E-state index in [4.69, 9.17) is 4.74 Å². The van der Waals surface area contributed by atoms with E-state index < -0.39 is 0 Å². The predicted molar refractivity (Wildman–Crippen MR) is 109 cm³/mol. The Kier molecular flexibility index (Phi) is 8.81. The van der Waals surface area contributed by atoms with Crippen LogP contribution >= 0.6 is 0 Å². The highest BCUT2D eigenvalue weighted by molar-refractivity contribution is 5.79. The number of nitrogens with one attached hydrogen (secondary N) is 2. The molecule has 0 aromatic heterocycles. The van der Waals surface area contributed by atoms with Crippen LogP contribution in [0.3, 0.4) is 0 Å². The maximum atomic E-state index is 13.3. The van der Waals surface area contributed by atoms with Gasteiger partial charge in [0.25, 0.3) is 0 Å². The molecule has 0 aliphatic carbocycles. The summed E-state index contributed by atoms with van der Waals surface area (Å²) in [5, 5.41) is 6.74. The number of hydrogen-bond donors (Lipinski definition) is 2. The molecule has 2 atom stereocenters. The Balaban J connectivity index is 1.90. The zero-order chi connectivity index (χ0) is 19.6. The number of halogens is 1. The number of hydrogen-bond acceptors (Lipinski definition) is 4. The van der Waals surface area contributed by atoms with Crippen LogP contribution in [0, 0.1) is 5.82 Å². The molecule has 2 N–H and O–H groups in total. The summed E-state index contributed by atoms with van der Waals surface area (Å²) in [6, 6.07) is 6.71. The van der Waals surface area contributed by atoms with Gasteiger partial charge in [0.15, 0.2) is 5.96 Å². The van der Waals surface area contributed by atoms with E-state index in [9.17, 15) is 4.39 Å². The van der Waals surface area contributed by atoms with Crippen LogP contribution in [-0.4, -0.2) is 81.3 Å². The molecule has 152 valence electrons. The van der Waals surface area contributed by atoms with Crippen molar-refractivity contribution in [3.63, 3.8) is 0 Å². The third-order valence-electron chi connectivity index (χ3n) is 4.84. The Labute approximate surface area is 162 Å². The van der Waals surface area contributed by atoms with Gasteiger partial charge in [-0.1, -0.05) is 13.0 Å². The van der Waals surface area contributed by atoms with Gasteiger partial charge in [0.05, 0.1) is 6.54 Å². The van der Waals surface area contributed by atoms with Gasteiger partial charge in [0.1, 0.15) is 17.7 Å². The normalized spacial score (nSPS) is 20.3. The van der Waals surface area contributed by atoms with E-state index in [2.05, 4.69) is 46.4 Å². The second-order valence-electron chi connectivity index (χ2n) is 7.10. The van der Waals surface area contributed by atoms with Gasteiger partial charge in [-0.15, -0.1) is 0 Å². The largest absolute Gasteiger partial charge is 0.488 e. The number of rotatable bonds is 8. The van der Waals surface area contributed by atoms with Crippen LogP contribution in [0.15, 0.2) is 29.3 Å². The van der Waals surface area contributed by atoms with Crippen LogP contribution in [0.5, 0.6) is 5.75 Å². The zero-order valence-corrected chi connectivity index (χ0v) is 17.0. The molecule has 1 aliphatic rings. The first-order chi connectivity index (χ1) is 13.0. The molecule has 1 aromatic carbocycles. The first-order valence-electron chi connectivity index (χ1n) is 9.85. The first kappa shape index (κ1) is 21.4. The molecule has 1 fully saturated rings. The van der Waals surface area contributed by atoms with Crippen LogP contribution in [0.25, 0.3) is 0 Å². The lowest BCUT2D eigenvalue weighted by atomic mass is 10.2. The van der Waals surface area contributed by atoms with Crippen molar-refractivity contribution in [3.05, 3.63) is 30.1 Å². The lowest BCUT2D eigenvalue weighted by molar-refractivity contribution is 0.116. The van der Waals surface area contributed by atoms with Crippen molar-refractivity contribution >= 4 is 5.96 Å². The quantitative estimate of drug-likeness (QED) is 0.533. The number of nitrogens with zero attached hydrogens (tertiary/aromatic N) is 3. The van der Waals surface area contributed by atoms with E-state index in [0.717, 1.165) is 45.1 Å². The average molecular weight is 380 g/mol. The molecule has 0 amide bonds. The summed E-state index contributed by atoms with van der Waals surface area (Å²) in [6.45, 7) is 9.49. The Morgan fingerprint density at radius 2 is 2.11 bits per heavy atom. The second-order valence-corrected chi connectivity index (χ2v) is 7.10. The highest BCUT2D eigenvalue weighted by Crippen LogP contribution is 2.15. The fourth-order valence-corrected chi connectivity index (χ4v) is 3.05. The van der Waals surface area contributed by atoms with Crippen LogP contribution in [0.2, 0.25) is 0 Å². The van der Waals surface area contributed by atoms with Gasteiger partial charge < -0.3 is 20.3 Å². The summed E-state index contributed by atoms with van der Waals surface area (Å²) in [5.41, 5.74) is 0. The Morgan fingerprint density at radius 1 is 1.30 bits per heavy atom. The van der Waals surface area contributed by atoms with E-state index in [1.807, 2.05) is 6.92 Å². The van der Waals surface area contributed by atoms with Crippen molar-refractivity contribution in [3.8, 4) is 5.75 Å². The topological polar surface area (TPSA) is 52.1 Å². The van der Waals surface area contributed by atoms with Crippen molar-refractivity contribution in [1.82, 2.24) is 20.4 Å². The zero-order valence-electron chi connectivity index (χ0n) is 17.0. The minimum absolute atomic E-state index is 0.0919. The Morgan fingerprint density at radius 3 is 2.81 bits per heavy atom. The molecule has 7 heteroatoms.